The molecule has 1 aliphatic carbocycles. The highest BCUT2D eigenvalue weighted by atomic mass is 16.5. The summed E-state index contributed by atoms with van der Waals surface area (Å²) in [6, 6.07) is 28.2. The fourth-order valence-electron chi connectivity index (χ4n) is 5.06. The lowest BCUT2D eigenvalue weighted by Crippen LogP contribution is -2.20. The normalized spacial score (nSPS) is 17.7. The van der Waals surface area contributed by atoms with Crippen molar-refractivity contribution in [1.29, 1.82) is 0 Å². The molecule has 2 atom stereocenters. The van der Waals surface area contributed by atoms with Crippen molar-refractivity contribution in [1.82, 2.24) is 4.98 Å². The lowest BCUT2D eigenvalue weighted by Gasteiger charge is -2.29. The Bertz CT molecular complexity index is 1210. The summed E-state index contributed by atoms with van der Waals surface area (Å²) in [6.45, 7) is -0.337. The molecule has 0 bridgehead atoms. The first-order valence-corrected chi connectivity index (χ1v) is 12.2. The van der Waals surface area contributed by atoms with Crippen LogP contribution in [0.25, 0.3) is 22.6 Å². The average Bonchev–Trinajstić information content (AvgIpc) is 3.34. The molecular formula is C30H29NO4. The summed E-state index contributed by atoms with van der Waals surface area (Å²) in [7, 11) is 0. The zero-order valence-corrected chi connectivity index (χ0v) is 19.6. The molecule has 1 unspecified atom stereocenters. The molecule has 1 aliphatic rings. The topological polar surface area (TPSA) is 72.6 Å². The molecule has 4 aromatic rings. The van der Waals surface area contributed by atoms with Gasteiger partial charge in [0.25, 0.3) is 0 Å². The lowest BCUT2D eigenvalue weighted by atomic mass is 9.76. The second kappa shape index (κ2) is 10.6. The van der Waals surface area contributed by atoms with E-state index in [9.17, 15) is 4.79 Å². The van der Waals surface area contributed by atoms with Crippen molar-refractivity contribution in [3.63, 3.8) is 0 Å². The van der Waals surface area contributed by atoms with Crippen LogP contribution in [0.4, 0.5) is 0 Å². The smallest absolute Gasteiger partial charge is 0.341 e. The van der Waals surface area contributed by atoms with E-state index in [1.54, 1.807) is 6.07 Å². The van der Waals surface area contributed by atoms with Gasteiger partial charge in [0.05, 0.1) is 0 Å². The third-order valence-electron chi connectivity index (χ3n) is 6.71. The molecule has 5 rings (SSSR count). The zero-order chi connectivity index (χ0) is 24.0. The number of benzene rings is 3. The van der Waals surface area contributed by atoms with Crippen molar-refractivity contribution < 1.29 is 19.1 Å². The first-order chi connectivity index (χ1) is 17.2. The predicted molar refractivity (Wildman–Crippen MR) is 135 cm³/mol. The molecule has 35 heavy (non-hydrogen) atoms. The number of nitrogens with zero attached hydrogens (tertiary/aromatic N) is 1. The minimum atomic E-state index is -0.977. The van der Waals surface area contributed by atoms with Crippen molar-refractivity contribution in [2.75, 3.05) is 6.61 Å². The summed E-state index contributed by atoms with van der Waals surface area (Å²) in [5, 5.41) is 8.91. The van der Waals surface area contributed by atoms with E-state index in [2.05, 4.69) is 30.3 Å². The van der Waals surface area contributed by atoms with Gasteiger partial charge >= 0.3 is 5.97 Å². The van der Waals surface area contributed by atoms with E-state index in [0.717, 1.165) is 59.7 Å². The number of carboxylic acid groups (broad SMARTS) is 1. The van der Waals surface area contributed by atoms with E-state index in [1.165, 1.54) is 6.42 Å². The van der Waals surface area contributed by atoms with Gasteiger partial charge in [0.15, 0.2) is 18.3 Å². The van der Waals surface area contributed by atoms with Crippen molar-refractivity contribution in [2.45, 2.75) is 38.0 Å². The lowest BCUT2D eigenvalue weighted by molar-refractivity contribution is -0.139. The number of hydrogen-bond acceptors (Lipinski definition) is 4. The Kier molecular flexibility index (Phi) is 6.94. The predicted octanol–water partition coefficient (Wildman–Crippen LogP) is 6.99. The zero-order valence-electron chi connectivity index (χ0n) is 19.6. The van der Waals surface area contributed by atoms with Gasteiger partial charge in [0.2, 0.25) is 0 Å². The molecule has 5 heteroatoms. The van der Waals surface area contributed by atoms with E-state index in [1.807, 2.05) is 48.5 Å². The van der Waals surface area contributed by atoms with E-state index >= 15 is 0 Å². The molecule has 0 aliphatic heterocycles. The molecular weight excluding hydrogens is 438 g/mol. The molecule has 3 aromatic carbocycles. The summed E-state index contributed by atoms with van der Waals surface area (Å²) in [5.74, 6) is 1.86. The summed E-state index contributed by atoms with van der Waals surface area (Å²) >= 11 is 0. The second-order valence-corrected chi connectivity index (χ2v) is 9.15. The van der Waals surface area contributed by atoms with E-state index in [-0.39, 0.29) is 12.5 Å². The number of hydrogen-bond donors (Lipinski definition) is 1. The summed E-state index contributed by atoms with van der Waals surface area (Å²) in [5.41, 5.74) is 4.11. The minimum Gasteiger partial charge on any atom is -0.482 e. The van der Waals surface area contributed by atoms with Crippen molar-refractivity contribution in [3.05, 3.63) is 96.4 Å². The van der Waals surface area contributed by atoms with Gasteiger partial charge in [0.1, 0.15) is 11.4 Å². The third kappa shape index (κ3) is 5.46. The fraction of sp³-hybridized carbons (Fsp3) is 0.267. The van der Waals surface area contributed by atoms with Gasteiger partial charge in [-0.1, -0.05) is 85.6 Å². The third-order valence-corrected chi connectivity index (χ3v) is 6.71. The average molecular weight is 468 g/mol. The quantitative estimate of drug-likeness (QED) is 0.302. The Morgan fingerprint density at radius 1 is 0.914 bits per heavy atom. The van der Waals surface area contributed by atoms with Crippen LogP contribution in [0, 0.1) is 5.92 Å². The van der Waals surface area contributed by atoms with Crippen LogP contribution < -0.4 is 4.74 Å². The van der Waals surface area contributed by atoms with Gasteiger partial charge < -0.3 is 14.3 Å². The summed E-state index contributed by atoms with van der Waals surface area (Å²) in [6.07, 6.45) is 5.37. The van der Waals surface area contributed by atoms with Gasteiger partial charge in [-0.2, -0.15) is 0 Å². The molecule has 178 valence electrons. The maximum Gasteiger partial charge on any atom is 0.341 e. The molecule has 0 saturated heterocycles. The number of rotatable bonds is 8. The highest BCUT2D eigenvalue weighted by Gasteiger charge is 2.32. The number of aliphatic carboxylic acids is 1. The first kappa shape index (κ1) is 22.9. The molecule has 1 N–H and O–H groups in total. The highest BCUT2D eigenvalue weighted by molar-refractivity contribution is 5.76. The number of carboxylic acids is 1. The standard InChI is InChI=1S/C30H29NO4/c32-27(33)20-34-25-16-9-10-21(19-25)18-24-15-7-8-17-26(24)30-31-28(22-11-3-1-4-12-22)29(35-30)23-13-5-2-6-14-23/h1-6,9-14,16,19,24,26H,7-8,15,17-18,20H2,(H,32,33)/t24-,26?/m0/s1. The first-order valence-electron chi connectivity index (χ1n) is 12.2. The van der Waals surface area contributed by atoms with Crippen molar-refractivity contribution in [3.8, 4) is 28.3 Å². The van der Waals surface area contributed by atoms with Crippen LogP contribution in [0.5, 0.6) is 5.75 Å². The Balaban J connectivity index is 1.45. The molecule has 5 nitrogen and oxygen atoms in total. The Labute approximate surface area is 205 Å². The van der Waals surface area contributed by atoms with Crippen LogP contribution in [-0.2, 0) is 11.2 Å². The van der Waals surface area contributed by atoms with Gasteiger partial charge in [-0.05, 0) is 42.9 Å². The minimum absolute atomic E-state index is 0.229. The monoisotopic (exact) mass is 467 g/mol. The fourth-order valence-corrected chi connectivity index (χ4v) is 5.06. The number of carbonyl (C=O) groups is 1. The van der Waals surface area contributed by atoms with Gasteiger partial charge in [0, 0.05) is 17.0 Å². The summed E-state index contributed by atoms with van der Waals surface area (Å²) in [4.78, 5) is 15.9. The number of aromatic nitrogens is 1. The van der Waals surface area contributed by atoms with Gasteiger partial charge in [-0.15, -0.1) is 0 Å². The molecule has 1 fully saturated rings. The second-order valence-electron chi connectivity index (χ2n) is 9.15. The van der Waals surface area contributed by atoms with Gasteiger partial charge in [-0.3, -0.25) is 0 Å². The van der Waals surface area contributed by atoms with E-state index < -0.39 is 5.97 Å². The van der Waals surface area contributed by atoms with Crippen LogP contribution in [0.15, 0.2) is 89.3 Å². The maximum absolute atomic E-state index is 10.9. The molecule has 0 spiro atoms. The summed E-state index contributed by atoms with van der Waals surface area (Å²) < 4.78 is 11.9. The molecule has 1 heterocycles. The van der Waals surface area contributed by atoms with Crippen molar-refractivity contribution in [2.24, 2.45) is 5.92 Å². The molecule has 0 radical (unpaired) electrons. The largest absolute Gasteiger partial charge is 0.482 e. The van der Waals surface area contributed by atoms with Gasteiger partial charge in [-0.25, -0.2) is 9.78 Å². The van der Waals surface area contributed by atoms with Crippen LogP contribution in [0.3, 0.4) is 0 Å². The SMILES string of the molecule is O=C(O)COc1cccc(C[C@@H]2CCCCC2c2nc(-c3ccccc3)c(-c3ccccc3)o2)c1. The molecule has 1 aromatic heterocycles. The van der Waals surface area contributed by atoms with Crippen LogP contribution >= 0.6 is 0 Å². The Morgan fingerprint density at radius 3 is 2.37 bits per heavy atom. The van der Waals surface area contributed by atoms with Crippen LogP contribution in [0.2, 0.25) is 0 Å². The Hall–Kier alpha value is -3.86. The molecule has 1 saturated carbocycles. The van der Waals surface area contributed by atoms with Crippen LogP contribution in [-0.4, -0.2) is 22.7 Å². The molecule has 0 amide bonds. The Morgan fingerprint density at radius 2 is 1.63 bits per heavy atom. The van der Waals surface area contributed by atoms with E-state index in [0.29, 0.717) is 11.7 Å². The number of ether oxygens (including phenoxy) is 1. The maximum atomic E-state index is 10.9. The number of oxazole rings is 1. The van der Waals surface area contributed by atoms with Crippen molar-refractivity contribution >= 4 is 5.97 Å². The van der Waals surface area contributed by atoms with Crippen LogP contribution in [0.1, 0.15) is 43.1 Å². The van der Waals surface area contributed by atoms with E-state index in [4.69, 9.17) is 19.2 Å². The highest BCUT2D eigenvalue weighted by Crippen LogP contribution is 2.43.